The molecule has 0 aliphatic carbocycles. The van der Waals surface area contributed by atoms with Crippen LogP contribution in [0.1, 0.15) is 31.4 Å². The molecular formula is C28H32ClN3O4S. The van der Waals surface area contributed by atoms with E-state index in [0.717, 1.165) is 21.9 Å². The van der Waals surface area contributed by atoms with Gasteiger partial charge >= 0.3 is 0 Å². The Morgan fingerprint density at radius 1 is 0.973 bits per heavy atom. The van der Waals surface area contributed by atoms with Crippen LogP contribution in [0.4, 0.5) is 5.69 Å². The molecule has 3 aromatic carbocycles. The Morgan fingerprint density at radius 3 is 2.30 bits per heavy atom. The SMILES string of the molecule is CCCNC(=O)[C@@H](C)N(Cc1cccc(C)c1)C(=O)CN(c1ccccc1Cl)S(=O)(=O)c1ccccc1. The van der Waals surface area contributed by atoms with E-state index >= 15 is 0 Å². The van der Waals surface area contributed by atoms with Gasteiger partial charge in [0.1, 0.15) is 12.6 Å². The molecule has 0 fully saturated rings. The minimum Gasteiger partial charge on any atom is -0.354 e. The number of benzene rings is 3. The van der Waals surface area contributed by atoms with E-state index < -0.39 is 28.5 Å². The van der Waals surface area contributed by atoms with Crippen LogP contribution in [0.5, 0.6) is 0 Å². The molecule has 0 unspecified atom stereocenters. The number of carbonyl (C=O) groups excluding carboxylic acids is 2. The first-order valence-corrected chi connectivity index (χ1v) is 13.9. The molecule has 0 heterocycles. The third-order valence-electron chi connectivity index (χ3n) is 5.88. The van der Waals surface area contributed by atoms with E-state index in [1.807, 2.05) is 38.1 Å². The van der Waals surface area contributed by atoms with Crippen LogP contribution in [0, 0.1) is 6.92 Å². The van der Waals surface area contributed by atoms with Crippen molar-refractivity contribution >= 4 is 39.1 Å². The lowest BCUT2D eigenvalue weighted by Gasteiger charge is -2.32. The highest BCUT2D eigenvalue weighted by molar-refractivity contribution is 7.92. The number of nitrogens with one attached hydrogen (secondary N) is 1. The predicted octanol–water partition coefficient (Wildman–Crippen LogP) is 4.79. The number of nitrogens with zero attached hydrogens (tertiary/aromatic N) is 2. The molecule has 0 spiro atoms. The molecule has 2 amide bonds. The van der Waals surface area contributed by atoms with Gasteiger partial charge in [-0.2, -0.15) is 0 Å². The van der Waals surface area contributed by atoms with Crippen LogP contribution in [-0.2, 0) is 26.2 Å². The number of amides is 2. The number of rotatable bonds is 11. The molecule has 0 aromatic heterocycles. The summed E-state index contributed by atoms with van der Waals surface area (Å²) in [6.45, 7) is 5.62. The van der Waals surface area contributed by atoms with Gasteiger partial charge in [-0.05, 0) is 50.1 Å². The minimum atomic E-state index is -4.14. The molecule has 0 radical (unpaired) electrons. The van der Waals surface area contributed by atoms with Crippen molar-refractivity contribution in [1.82, 2.24) is 10.2 Å². The van der Waals surface area contributed by atoms with E-state index in [9.17, 15) is 18.0 Å². The van der Waals surface area contributed by atoms with Crippen molar-refractivity contribution in [2.75, 3.05) is 17.4 Å². The van der Waals surface area contributed by atoms with E-state index in [1.165, 1.54) is 17.0 Å². The molecule has 0 saturated heterocycles. The summed E-state index contributed by atoms with van der Waals surface area (Å²) in [5.74, 6) is -0.835. The Labute approximate surface area is 224 Å². The van der Waals surface area contributed by atoms with Gasteiger partial charge < -0.3 is 10.2 Å². The fourth-order valence-corrected chi connectivity index (χ4v) is 5.61. The standard InChI is InChI=1S/C28H32ClN3O4S/c1-4-17-30-28(34)22(3)31(19-23-12-10-11-21(2)18-23)27(33)20-32(26-16-9-8-15-25(26)29)37(35,36)24-13-6-5-7-14-24/h5-16,18,22H,4,17,19-20H2,1-3H3,(H,30,34)/t22-/m1/s1. The zero-order chi connectivity index (χ0) is 27.0. The number of aryl methyl sites for hydroxylation is 1. The van der Waals surface area contributed by atoms with Gasteiger partial charge in [-0.15, -0.1) is 0 Å². The van der Waals surface area contributed by atoms with Gasteiger partial charge in [-0.3, -0.25) is 13.9 Å². The molecule has 0 saturated carbocycles. The summed E-state index contributed by atoms with van der Waals surface area (Å²) in [6, 6.07) is 21.1. The number of halogens is 1. The second-order valence-corrected chi connectivity index (χ2v) is 11.0. The van der Waals surface area contributed by atoms with Crippen molar-refractivity contribution in [2.45, 2.75) is 44.7 Å². The molecule has 196 valence electrons. The Balaban J connectivity index is 2.02. The van der Waals surface area contributed by atoms with Crippen LogP contribution in [0.15, 0.2) is 83.8 Å². The third-order valence-corrected chi connectivity index (χ3v) is 7.98. The number of sulfonamides is 1. The smallest absolute Gasteiger partial charge is 0.264 e. The van der Waals surface area contributed by atoms with Crippen molar-refractivity contribution in [1.29, 1.82) is 0 Å². The lowest BCUT2D eigenvalue weighted by molar-refractivity contribution is -0.139. The Bertz CT molecular complexity index is 1330. The van der Waals surface area contributed by atoms with Gasteiger partial charge in [-0.25, -0.2) is 8.42 Å². The van der Waals surface area contributed by atoms with E-state index in [2.05, 4.69) is 5.32 Å². The summed E-state index contributed by atoms with van der Waals surface area (Å²) < 4.78 is 28.4. The third kappa shape index (κ3) is 7.11. The molecule has 3 aromatic rings. The zero-order valence-electron chi connectivity index (χ0n) is 21.2. The lowest BCUT2D eigenvalue weighted by Crippen LogP contribution is -2.51. The number of hydrogen-bond donors (Lipinski definition) is 1. The van der Waals surface area contributed by atoms with Gasteiger partial charge in [0.2, 0.25) is 11.8 Å². The molecule has 9 heteroatoms. The van der Waals surface area contributed by atoms with Crippen LogP contribution in [0.25, 0.3) is 0 Å². The molecule has 1 N–H and O–H groups in total. The highest BCUT2D eigenvalue weighted by atomic mass is 35.5. The van der Waals surface area contributed by atoms with Crippen molar-refractivity contribution < 1.29 is 18.0 Å². The van der Waals surface area contributed by atoms with E-state index in [4.69, 9.17) is 11.6 Å². The van der Waals surface area contributed by atoms with Crippen LogP contribution in [0.3, 0.4) is 0 Å². The fraction of sp³-hybridized carbons (Fsp3) is 0.286. The summed E-state index contributed by atoms with van der Waals surface area (Å²) in [6.07, 6.45) is 0.750. The second-order valence-electron chi connectivity index (χ2n) is 8.75. The molecule has 0 aliphatic heterocycles. The Kier molecular flexibility index (Phi) is 9.72. The van der Waals surface area contributed by atoms with Crippen LogP contribution < -0.4 is 9.62 Å². The summed E-state index contributed by atoms with van der Waals surface area (Å²) in [5.41, 5.74) is 2.02. The maximum Gasteiger partial charge on any atom is 0.264 e. The number of anilines is 1. The molecule has 3 rings (SSSR count). The van der Waals surface area contributed by atoms with Gasteiger partial charge in [0, 0.05) is 13.1 Å². The predicted molar refractivity (Wildman–Crippen MR) is 147 cm³/mol. The number of carbonyl (C=O) groups is 2. The van der Waals surface area contributed by atoms with Gasteiger partial charge in [0.15, 0.2) is 0 Å². The van der Waals surface area contributed by atoms with Gasteiger partial charge in [0.25, 0.3) is 10.0 Å². The lowest BCUT2D eigenvalue weighted by atomic mass is 10.1. The zero-order valence-corrected chi connectivity index (χ0v) is 22.8. The summed E-state index contributed by atoms with van der Waals surface area (Å²) in [4.78, 5) is 28.1. The summed E-state index contributed by atoms with van der Waals surface area (Å²) in [5, 5.41) is 3.02. The van der Waals surface area contributed by atoms with E-state index in [1.54, 1.807) is 49.4 Å². The highest BCUT2D eigenvalue weighted by Crippen LogP contribution is 2.30. The maximum atomic E-state index is 13.8. The van der Waals surface area contributed by atoms with Gasteiger partial charge in [-0.1, -0.05) is 78.7 Å². The fourth-order valence-electron chi connectivity index (χ4n) is 3.87. The molecule has 37 heavy (non-hydrogen) atoms. The van der Waals surface area contributed by atoms with Crippen LogP contribution in [0.2, 0.25) is 5.02 Å². The first-order chi connectivity index (χ1) is 17.6. The van der Waals surface area contributed by atoms with E-state index in [0.29, 0.717) is 6.54 Å². The maximum absolute atomic E-state index is 13.8. The van der Waals surface area contributed by atoms with Crippen molar-refractivity contribution in [2.24, 2.45) is 0 Å². The minimum absolute atomic E-state index is 0.0293. The highest BCUT2D eigenvalue weighted by Gasteiger charge is 2.33. The van der Waals surface area contributed by atoms with Crippen LogP contribution in [-0.4, -0.2) is 44.3 Å². The molecule has 0 aliphatic rings. The molecule has 0 bridgehead atoms. The normalized spacial score (nSPS) is 12.0. The quantitative estimate of drug-likeness (QED) is 0.378. The molecule has 1 atom stereocenters. The van der Waals surface area contributed by atoms with Crippen molar-refractivity contribution in [3.05, 3.63) is 95.0 Å². The second kappa shape index (κ2) is 12.7. The first-order valence-electron chi connectivity index (χ1n) is 12.1. The van der Waals surface area contributed by atoms with Crippen LogP contribution >= 0.6 is 11.6 Å². The average Bonchev–Trinajstić information content (AvgIpc) is 2.89. The molecular weight excluding hydrogens is 510 g/mol. The Hall–Kier alpha value is -3.36. The summed E-state index contributed by atoms with van der Waals surface area (Å²) >= 11 is 6.40. The topological polar surface area (TPSA) is 86.8 Å². The molecule has 7 nitrogen and oxygen atoms in total. The van der Waals surface area contributed by atoms with Crippen molar-refractivity contribution in [3.63, 3.8) is 0 Å². The van der Waals surface area contributed by atoms with Crippen molar-refractivity contribution in [3.8, 4) is 0 Å². The van der Waals surface area contributed by atoms with Gasteiger partial charge in [0.05, 0.1) is 15.6 Å². The average molecular weight is 542 g/mol. The monoisotopic (exact) mass is 541 g/mol. The Morgan fingerprint density at radius 2 is 1.65 bits per heavy atom. The van der Waals surface area contributed by atoms with E-state index in [-0.39, 0.29) is 28.1 Å². The summed E-state index contributed by atoms with van der Waals surface area (Å²) in [7, 11) is -4.14. The number of hydrogen-bond acceptors (Lipinski definition) is 4. The number of para-hydroxylation sites is 1. The first kappa shape index (κ1) is 28.2. The largest absolute Gasteiger partial charge is 0.354 e.